The van der Waals surface area contributed by atoms with Crippen LogP contribution in [0.5, 0.6) is 0 Å². The van der Waals surface area contributed by atoms with Crippen LogP contribution in [0.1, 0.15) is 51.9 Å². The summed E-state index contributed by atoms with van der Waals surface area (Å²) in [6, 6.07) is 0.711. The van der Waals surface area contributed by atoms with Crippen LogP contribution in [-0.2, 0) is 9.53 Å². The molecular formula is C14H28N2O2. The van der Waals surface area contributed by atoms with Gasteiger partial charge in [-0.1, -0.05) is 19.8 Å². The Kier molecular flexibility index (Phi) is 8.01. The predicted molar refractivity (Wildman–Crippen MR) is 73.6 cm³/mol. The second-order valence-corrected chi connectivity index (χ2v) is 5.19. The monoisotopic (exact) mass is 256 g/mol. The highest BCUT2D eigenvalue weighted by atomic mass is 16.5. The first kappa shape index (κ1) is 15.4. The van der Waals surface area contributed by atoms with E-state index in [2.05, 4.69) is 17.6 Å². The molecule has 4 heteroatoms. The first-order valence-electron chi connectivity index (χ1n) is 7.28. The molecule has 0 saturated carbocycles. The normalized spacial score (nSPS) is 21.6. The van der Waals surface area contributed by atoms with Crippen molar-refractivity contribution in [3.63, 3.8) is 0 Å². The third-order valence-electron chi connectivity index (χ3n) is 3.50. The molecular weight excluding hydrogens is 228 g/mol. The summed E-state index contributed by atoms with van der Waals surface area (Å²) in [6.45, 7) is 3.84. The fourth-order valence-electron chi connectivity index (χ4n) is 2.52. The second-order valence-electron chi connectivity index (χ2n) is 5.19. The highest BCUT2D eigenvalue weighted by Gasteiger charge is 2.15. The van der Waals surface area contributed by atoms with Crippen molar-refractivity contribution < 1.29 is 9.53 Å². The van der Waals surface area contributed by atoms with E-state index in [4.69, 9.17) is 4.74 Å². The molecule has 18 heavy (non-hydrogen) atoms. The van der Waals surface area contributed by atoms with Crippen molar-refractivity contribution in [3.8, 4) is 0 Å². The van der Waals surface area contributed by atoms with Crippen molar-refractivity contribution in [1.82, 2.24) is 10.6 Å². The molecule has 0 aromatic rings. The van der Waals surface area contributed by atoms with Crippen molar-refractivity contribution in [2.45, 2.75) is 64.0 Å². The summed E-state index contributed by atoms with van der Waals surface area (Å²) in [7, 11) is 1.68. The number of carbonyl (C=O) groups is 1. The third-order valence-corrected chi connectivity index (χ3v) is 3.50. The van der Waals surface area contributed by atoms with Crippen LogP contribution >= 0.6 is 0 Å². The highest BCUT2D eigenvalue weighted by Crippen LogP contribution is 2.11. The Morgan fingerprint density at radius 2 is 2.33 bits per heavy atom. The van der Waals surface area contributed by atoms with Gasteiger partial charge in [0, 0.05) is 19.6 Å². The van der Waals surface area contributed by atoms with E-state index in [9.17, 15) is 4.79 Å². The predicted octanol–water partition coefficient (Wildman–Crippen LogP) is 1.84. The number of nitrogens with one attached hydrogen (secondary N) is 2. The van der Waals surface area contributed by atoms with Crippen LogP contribution in [0.15, 0.2) is 0 Å². The SMILES string of the molecule is CCCC(COC)NC(=O)CCC1CCCCN1. The number of hydrogen-bond acceptors (Lipinski definition) is 3. The zero-order chi connectivity index (χ0) is 13.2. The number of ether oxygens (including phenoxy) is 1. The first-order chi connectivity index (χ1) is 8.76. The van der Waals surface area contributed by atoms with Crippen molar-refractivity contribution in [2.24, 2.45) is 0 Å². The molecule has 1 amide bonds. The number of methoxy groups -OCH3 is 1. The van der Waals surface area contributed by atoms with Crippen LogP contribution in [0.4, 0.5) is 0 Å². The molecule has 0 aromatic carbocycles. The van der Waals surface area contributed by atoms with Crippen molar-refractivity contribution >= 4 is 5.91 Å². The Bertz CT molecular complexity index is 222. The summed E-state index contributed by atoms with van der Waals surface area (Å²) in [5, 5.41) is 6.54. The molecule has 0 aromatic heterocycles. The van der Waals surface area contributed by atoms with E-state index in [0.29, 0.717) is 19.1 Å². The lowest BCUT2D eigenvalue weighted by atomic mass is 10.0. The molecule has 1 heterocycles. The lowest BCUT2D eigenvalue weighted by Gasteiger charge is -2.23. The zero-order valence-corrected chi connectivity index (χ0v) is 11.8. The van der Waals surface area contributed by atoms with Crippen molar-refractivity contribution in [1.29, 1.82) is 0 Å². The van der Waals surface area contributed by atoms with Gasteiger partial charge in [-0.3, -0.25) is 4.79 Å². The summed E-state index contributed by atoms with van der Waals surface area (Å²) < 4.78 is 5.12. The summed E-state index contributed by atoms with van der Waals surface area (Å²) in [6.07, 6.45) is 7.42. The number of amides is 1. The standard InChI is InChI=1S/C14H28N2O2/c1-3-6-13(11-18-2)16-14(17)9-8-12-7-4-5-10-15-12/h12-13,15H,3-11H2,1-2H3,(H,16,17). The molecule has 1 aliphatic heterocycles. The molecule has 1 saturated heterocycles. The van der Waals surface area contributed by atoms with E-state index in [-0.39, 0.29) is 11.9 Å². The van der Waals surface area contributed by atoms with Crippen LogP contribution in [0.2, 0.25) is 0 Å². The van der Waals surface area contributed by atoms with E-state index in [1.165, 1.54) is 19.3 Å². The lowest BCUT2D eigenvalue weighted by molar-refractivity contribution is -0.122. The fourth-order valence-corrected chi connectivity index (χ4v) is 2.52. The molecule has 1 aliphatic rings. The second kappa shape index (κ2) is 9.34. The Balaban J connectivity index is 2.17. The average Bonchev–Trinajstić information content (AvgIpc) is 2.38. The molecule has 4 nitrogen and oxygen atoms in total. The van der Waals surface area contributed by atoms with Gasteiger partial charge < -0.3 is 15.4 Å². The first-order valence-corrected chi connectivity index (χ1v) is 7.28. The molecule has 0 spiro atoms. The maximum atomic E-state index is 11.9. The summed E-state index contributed by atoms with van der Waals surface area (Å²) in [4.78, 5) is 11.9. The quantitative estimate of drug-likeness (QED) is 0.697. The number of carbonyl (C=O) groups excluding carboxylic acids is 1. The molecule has 0 bridgehead atoms. The van der Waals surface area contributed by atoms with Crippen LogP contribution in [-0.4, -0.2) is 38.3 Å². The Labute approximate surface area is 111 Å². The average molecular weight is 256 g/mol. The van der Waals surface area contributed by atoms with Crippen LogP contribution < -0.4 is 10.6 Å². The van der Waals surface area contributed by atoms with Gasteiger partial charge in [-0.05, 0) is 32.2 Å². The molecule has 2 unspecified atom stereocenters. The van der Waals surface area contributed by atoms with Crippen molar-refractivity contribution in [2.75, 3.05) is 20.3 Å². The van der Waals surface area contributed by atoms with E-state index >= 15 is 0 Å². The topological polar surface area (TPSA) is 50.4 Å². The largest absolute Gasteiger partial charge is 0.383 e. The summed E-state index contributed by atoms with van der Waals surface area (Å²) in [5.41, 5.74) is 0. The van der Waals surface area contributed by atoms with Crippen LogP contribution in [0.25, 0.3) is 0 Å². The molecule has 2 N–H and O–H groups in total. The van der Waals surface area contributed by atoms with Crippen LogP contribution in [0.3, 0.4) is 0 Å². The molecule has 1 fully saturated rings. The minimum Gasteiger partial charge on any atom is -0.383 e. The van der Waals surface area contributed by atoms with Gasteiger partial charge in [-0.25, -0.2) is 0 Å². The Morgan fingerprint density at radius 3 is 2.94 bits per heavy atom. The van der Waals surface area contributed by atoms with Gasteiger partial charge in [-0.2, -0.15) is 0 Å². The van der Waals surface area contributed by atoms with Gasteiger partial charge in [0.15, 0.2) is 0 Å². The maximum Gasteiger partial charge on any atom is 0.220 e. The van der Waals surface area contributed by atoms with Gasteiger partial charge in [0.2, 0.25) is 5.91 Å². The van der Waals surface area contributed by atoms with E-state index < -0.39 is 0 Å². The summed E-state index contributed by atoms with van der Waals surface area (Å²) in [5.74, 6) is 0.165. The van der Waals surface area contributed by atoms with E-state index in [1.807, 2.05) is 0 Å². The molecule has 2 atom stereocenters. The Hall–Kier alpha value is -0.610. The number of rotatable bonds is 8. The maximum absolute atomic E-state index is 11.9. The number of hydrogen-bond donors (Lipinski definition) is 2. The fraction of sp³-hybridized carbons (Fsp3) is 0.929. The highest BCUT2D eigenvalue weighted by molar-refractivity contribution is 5.76. The lowest BCUT2D eigenvalue weighted by Crippen LogP contribution is -2.39. The van der Waals surface area contributed by atoms with Gasteiger partial charge >= 0.3 is 0 Å². The number of piperidine rings is 1. The van der Waals surface area contributed by atoms with E-state index in [0.717, 1.165) is 25.8 Å². The molecule has 1 rings (SSSR count). The minimum absolute atomic E-state index is 0.165. The van der Waals surface area contributed by atoms with Gasteiger partial charge in [-0.15, -0.1) is 0 Å². The minimum atomic E-state index is 0.165. The molecule has 0 radical (unpaired) electrons. The van der Waals surface area contributed by atoms with Crippen LogP contribution in [0, 0.1) is 0 Å². The third kappa shape index (κ3) is 6.36. The van der Waals surface area contributed by atoms with E-state index in [1.54, 1.807) is 7.11 Å². The Morgan fingerprint density at radius 1 is 1.50 bits per heavy atom. The zero-order valence-electron chi connectivity index (χ0n) is 11.8. The van der Waals surface area contributed by atoms with Gasteiger partial charge in [0.1, 0.15) is 0 Å². The molecule has 0 aliphatic carbocycles. The van der Waals surface area contributed by atoms with Crippen molar-refractivity contribution in [3.05, 3.63) is 0 Å². The smallest absolute Gasteiger partial charge is 0.220 e. The summed E-state index contributed by atoms with van der Waals surface area (Å²) >= 11 is 0. The van der Waals surface area contributed by atoms with Gasteiger partial charge in [0.25, 0.3) is 0 Å². The van der Waals surface area contributed by atoms with Gasteiger partial charge in [0.05, 0.1) is 12.6 Å². The molecule has 106 valence electrons.